The number of fused-ring (bicyclic) bond motifs is 1. The Hall–Kier alpha value is -2.01. The van der Waals surface area contributed by atoms with E-state index in [1.807, 2.05) is 37.3 Å². The van der Waals surface area contributed by atoms with Crippen LogP contribution in [0.3, 0.4) is 0 Å². The highest BCUT2D eigenvalue weighted by molar-refractivity contribution is 9.10. The van der Waals surface area contributed by atoms with Crippen molar-refractivity contribution >= 4 is 32.7 Å². The van der Waals surface area contributed by atoms with E-state index < -0.39 is 0 Å². The van der Waals surface area contributed by atoms with Gasteiger partial charge < -0.3 is 5.32 Å². The molecule has 0 amide bonds. The van der Waals surface area contributed by atoms with Gasteiger partial charge in [0.2, 0.25) is 0 Å². The largest absolute Gasteiger partial charge is 0.369 e. The molecule has 0 atom stereocenters. The number of anilines is 1. The fraction of sp³-hybridized carbons (Fsp3) is 0.133. The molecule has 100 valence electrons. The third kappa shape index (κ3) is 2.36. The average Bonchev–Trinajstić information content (AvgIpc) is 2.49. The first-order chi connectivity index (χ1) is 9.79. The number of benzene rings is 1. The molecule has 3 aromatic rings. The summed E-state index contributed by atoms with van der Waals surface area (Å²) in [4.78, 5) is 13.4. The minimum absolute atomic E-state index is 0.674. The van der Waals surface area contributed by atoms with Gasteiger partial charge in [0.15, 0.2) is 5.82 Å². The Balaban J connectivity index is 2.18. The molecule has 20 heavy (non-hydrogen) atoms. The standard InChI is InChI=1S/C15H13BrN4/c1-2-17-15-12(16)9-19-14(20-15)11-7-3-5-10-6-4-8-18-13(10)11/h3-9H,2H2,1H3,(H,17,19,20). The SMILES string of the molecule is CCNc1nc(-c2cccc3cccnc23)ncc1Br. The van der Waals surface area contributed by atoms with Crippen molar-refractivity contribution in [2.45, 2.75) is 6.92 Å². The minimum atomic E-state index is 0.674. The van der Waals surface area contributed by atoms with Crippen molar-refractivity contribution < 1.29 is 0 Å². The molecule has 0 aliphatic heterocycles. The van der Waals surface area contributed by atoms with Crippen molar-refractivity contribution in [2.24, 2.45) is 0 Å². The zero-order chi connectivity index (χ0) is 13.9. The molecular weight excluding hydrogens is 316 g/mol. The molecule has 3 rings (SSSR count). The van der Waals surface area contributed by atoms with Crippen LogP contribution >= 0.6 is 15.9 Å². The number of rotatable bonds is 3. The summed E-state index contributed by atoms with van der Waals surface area (Å²) in [5.41, 5.74) is 1.86. The lowest BCUT2D eigenvalue weighted by Gasteiger charge is -2.08. The predicted octanol–water partition coefficient (Wildman–Crippen LogP) is 3.89. The smallest absolute Gasteiger partial charge is 0.163 e. The predicted molar refractivity (Wildman–Crippen MR) is 84.6 cm³/mol. The molecule has 5 heteroatoms. The molecule has 0 spiro atoms. The molecule has 2 heterocycles. The van der Waals surface area contributed by atoms with Crippen LogP contribution in [-0.4, -0.2) is 21.5 Å². The zero-order valence-corrected chi connectivity index (χ0v) is 12.6. The molecule has 0 saturated carbocycles. The van der Waals surface area contributed by atoms with E-state index in [1.54, 1.807) is 12.4 Å². The van der Waals surface area contributed by atoms with E-state index in [0.717, 1.165) is 33.3 Å². The molecule has 0 aliphatic carbocycles. The number of nitrogens with zero attached hydrogens (tertiary/aromatic N) is 3. The number of nitrogens with one attached hydrogen (secondary N) is 1. The van der Waals surface area contributed by atoms with Gasteiger partial charge in [-0.05, 0) is 35.0 Å². The maximum absolute atomic E-state index is 4.57. The monoisotopic (exact) mass is 328 g/mol. The van der Waals surface area contributed by atoms with Gasteiger partial charge in [0.05, 0.1) is 9.99 Å². The number of hydrogen-bond donors (Lipinski definition) is 1. The molecule has 1 N–H and O–H groups in total. The van der Waals surface area contributed by atoms with Crippen LogP contribution < -0.4 is 5.32 Å². The number of aromatic nitrogens is 3. The second-order valence-electron chi connectivity index (χ2n) is 4.30. The molecule has 2 aromatic heterocycles. The second-order valence-corrected chi connectivity index (χ2v) is 5.16. The first-order valence-corrected chi connectivity index (χ1v) is 7.19. The topological polar surface area (TPSA) is 50.7 Å². The van der Waals surface area contributed by atoms with Gasteiger partial charge in [-0.2, -0.15) is 0 Å². The summed E-state index contributed by atoms with van der Waals surface area (Å²) < 4.78 is 0.858. The van der Waals surface area contributed by atoms with Gasteiger partial charge in [0.1, 0.15) is 5.82 Å². The van der Waals surface area contributed by atoms with Gasteiger partial charge in [-0.3, -0.25) is 4.98 Å². The Kier molecular flexibility index (Phi) is 3.60. The summed E-state index contributed by atoms with van der Waals surface area (Å²) in [6, 6.07) is 10.00. The van der Waals surface area contributed by atoms with E-state index >= 15 is 0 Å². The van der Waals surface area contributed by atoms with E-state index in [1.165, 1.54) is 0 Å². The lowest BCUT2D eigenvalue weighted by Crippen LogP contribution is -2.02. The second kappa shape index (κ2) is 5.54. The highest BCUT2D eigenvalue weighted by Gasteiger charge is 2.10. The van der Waals surface area contributed by atoms with Crippen LogP contribution in [0, 0.1) is 0 Å². The third-order valence-electron chi connectivity index (χ3n) is 2.96. The summed E-state index contributed by atoms with van der Waals surface area (Å²) in [6.45, 7) is 2.84. The van der Waals surface area contributed by atoms with E-state index in [4.69, 9.17) is 0 Å². The lowest BCUT2D eigenvalue weighted by molar-refractivity contribution is 1.11. The normalized spacial score (nSPS) is 10.7. The highest BCUT2D eigenvalue weighted by Crippen LogP contribution is 2.27. The lowest BCUT2D eigenvalue weighted by atomic mass is 10.1. The van der Waals surface area contributed by atoms with Crippen LogP contribution in [0.15, 0.2) is 47.2 Å². The fourth-order valence-corrected chi connectivity index (χ4v) is 2.40. The highest BCUT2D eigenvalue weighted by atomic mass is 79.9. The Morgan fingerprint density at radius 2 is 2.00 bits per heavy atom. The number of pyridine rings is 1. The fourth-order valence-electron chi connectivity index (χ4n) is 2.07. The summed E-state index contributed by atoms with van der Waals surface area (Å²) in [5, 5.41) is 4.30. The van der Waals surface area contributed by atoms with Crippen LogP contribution in [0.2, 0.25) is 0 Å². The molecule has 0 bridgehead atoms. The van der Waals surface area contributed by atoms with Crippen molar-refractivity contribution in [1.29, 1.82) is 0 Å². The van der Waals surface area contributed by atoms with Crippen LogP contribution in [0.4, 0.5) is 5.82 Å². The number of para-hydroxylation sites is 1. The Labute approximate surface area is 125 Å². The maximum Gasteiger partial charge on any atom is 0.163 e. The maximum atomic E-state index is 4.57. The van der Waals surface area contributed by atoms with Crippen LogP contribution in [-0.2, 0) is 0 Å². The van der Waals surface area contributed by atoms with E-state index in [-0.39, 0.29) is 0 Å². The number of hydrogen-bond acceptors (Lipinski definition) is 4. The molecule has 0 saturated heterocycles. The minimum Gasteiger partial charge on any atom is -0.369 e. The van der Waals surface area contributed by atoms with E-state index in [2.05, 4.69) is 36.2 Å². The Morgan fingerprint density at radius 3 is 2.85 bits per heavy atom. The van der Waals surface area contributed by atoms with Crippen LogP contribution in [0.5, 0.6) is 0 Å². The zero-order valence-electron chi connectivity index (χ0n) is 11.0. The quantitative estimate of drug-likeness (QED) is 0.792. The van der Waals surface area contributed by atoms with Gasteiger partial charge in [-0.15, -0.1) is 0 Å². The molecule has 0 unspecified atom stereocenters. The molecule has 1 aromatic carbocycles. The van der Waals surface area contributed by atoms with E-state index in [0.29, 0.717) is 5.82 Å². The molecule has 4 nitrogen and oxygen atoms in total. The summed E-state index contributed by atoms with van der Waals surface area (Å²) in [5.74, 6) is 1.47. The number of halogens is 1. The van der Waals surface area contributed by atoms with Crippen molar-refractivity contribution in [3.05, 3.63) is 47.2 Å². The molecular formula is C15H13BrN4. The third-order valence-corrected chi connectivity index (χ3v) is 3.54. The van der Waals surface area contributed by atoms with Crippen molar-refractivity contribution in [3.63, 3.8) is 0 Å². The molecule has 0 radical (unpaired) electrons. The first-order valence-electron chi connectivity index (χ1n) is 6.40. The van der Waals surface area contributed by atoms with Gasteiger partial charge in [0.25, 0.3) is 0 Å². The summed E-state index contributed by atoms with van der Waals surface area (Å²) in [7, 11) is 0. The molecule has 0 fully saturated rings. The Morgan fingerprint density at radius 1 is 1.15 bits per heavy atom. The van der Waals surface area contributed by atoms with Gasteiger partial charge >= 0.3 is 0 Å². The van der Waals surface area contributed by atoms with Crippen molar-refractivity contribution in [1.82, 2.24) is 15.0 Å². The first kappa shape index (κ1) is 13.0. The van der Waals surface area contributed by atoms with Gasteiger partial charge in [-0.1, -0.05) is 18.2 Å². The van der Waals surface area contributed by atoms with Crippen LogP contribution in [0.1, 0.15) is 6.92 Å². The van der Waals surface area contributed by atoms with E-state index in [9.17, 15) is 0 Å². The van der Waals surface area contributed by atoms with Crippen molar-refractivity contribution in [3.8, 4) is 11.4 Å². The summed E-state index contributed by atoms with van der Waals surface area (Å²) in [6.07, 6.45) is 3.55. The summed E-state index contributed by atoms with van der Waals surface area (Å²) >= 11 is 3.45. The van der Waals surface area contributed by atoms with Gasteiger partial charge in [0, 0.05) is 29.9 Å². The molecule has 0 aliphatic rings. The van der Waals surface area contributed by atoms with Crippen molar-refractivity contribution in [2.75, 3.05) is 11.9 Å². The van der Waals surface area contributed by atoms with Gasteiger partial charge in [-0.25, -0.2) is 9.97 Å². The van der Waals surface area contributed by atoms with Crippen LogP contribution in [0.25, 0.3) is 22.3 Å². The Bertz CT molecular complexity index is 752. The average molecular weight is 329 g/mol.